The molecule has 0 unspecified atom stereocenters. The third kappa shape index (κ3) is 4.93. The SMILES string of the molecule is c1ccc(N(c2ccc(-n3c4ccccc4c4c(-c5ccc6sc7ccccc7c6c5)c5c(cc43)oc3ccccc35)cc2)c2ccc3sc4ccccc4c3c2)cc1. The van der Waals surface area contributed by atoms with Crippen molar-refractivity contribution in [1.29, 1.82) is 0 Å². The van der Waals surface area contributed by atoms with Crippen molar-refractivity contribution in [1.82, 2.24) is 4.57 Å². The first kappa shape index (κ1) is 32.9. The fraction of sp³-hybridized carbons (Fsp3) is 0. The second kappa shape index (κ2) is 12.7. The lowest BCUT2D eigenvalue weighted by Gasteiger charge is -2.26. The second-order valence-electron chi connectivity index (χ2n) is 15.2. The van der Waals surface area contributed by atoms with Crippen molar-refractivity contribution in [2.24, 2.45) is 0 Å². The summed E-state index contributed by atoms with van der Waals surface area (Å²) in [6.45, 7) is 0. The average molecular weight is 789 g/mol. The summed E-state index contributed by atoms with van der Waals surface area (Å²) >= 11 is 3.71. The lowest BCUT2D eigenvalue weighted by Crippen LogP contribution is -2.09. The summed E-state index contributed by atoms with van der Waals surface area (Å²) in [4.78, 5) is 2.36. The van der Waals surface area contributed by atoms with Crippen molar-refractivity contribution in [3.8, 4) is 16.8 Å². The van der Waals surface area contributed by atoms with Gasteiger partial charge in [0.15, 0.2) is 0 Å². The summed E-state index contributed by atoms with van der Waals surface area (Å²) in [6.07, 6.45) is 0. The number of rotatable bonds is 5. The molecule has 3 nitrogen and oxygen atoms in total. The van der Waals surface area contributed by atoms with Crippen LogP contribution in [-0.2, 0) is 0 Å². The Labute approximate surface area is 346 Å². The van der Waals surface area contributed by atoms with E-state index in [4.69, 9.17) is 4.42 Å². The van der Waals surface area contributed by atoms with Gasteiger partial charge < -0.3 is 13.9 Å². The largest absolute Gasteiger partial charge is 0.456 e. The van der Waals surface area contributed by atoms with Crippen molar-refractivity contribution in [2.75, 3.05) is 4.90 Å². The lowest BCUT2D eigenvalue weighted by atomic mass is 9.93. The molecule has 0 radical (unpaired) electrons. The fourth-order valence-corrected chi connectivity index (χ4v) is 11.6. The van der Waals surface area contributed by atoms with Crippen molar-refractivity contribution in [3.05, 3.63) is 194 Å². The molecular weight excluding hydrogens is 757 g/mol. The molecule has 0 aliphatic carbocycles. The Morgan fingerprint density at radius 3 is 1.71 bits per heavy atom. The van der Waals surface area contributed by atoms with Gasteiger partial charge in [-0.2, -0.15) is 0 Å². The fourth-order valence-electron chi connectivity index (χ4n) is 9.41. The maximum Gasteiger partial charge on any atom is 0.138 e. The predicted octanol–water partition coefficient (Wildman–Crippen LogP) is 16.6. The Bertz CT molecular complexity index is 3790. The number of nitrogens with zero attached hydrogens (tertiary/aromatic N) is 2. The standard InChI is InChI=1S/C54H32N2OS2/c1-2-12-34(13-3-1)55(37-27-29-51-43(31-37)39-15-7-11-21-49(39)59-51)35-23-25-36(26-24-35)56-44-18-8-4-16-40(44)53-45(56)32-47-54(41-17-5-9-19-46(41)57-47)52(53)33-22-28-50-42(30-33)38-14-6-10-20-48(38)58-50/h1-32H. The third-order valence-corrected chi connectivity index (χ3v) is 14.3. The zero-order chi connectivity index (χ0) is 38.6. The van der Waals surface area contributed by atoms with E-state index in [1.165, 1.54) is 62.2 Å². The highest BCUT2D eigenvalue weighted by Gasteiger charge is 2.24. The highest BCUT2D eigenvalue weighted by molar-refractivity contribution is 7.26. The normalized spacial score (nSPS) is 12.1. The second-order valence-corrected chi connectivity index (χ2v) is 17.4. The zero-order valence-corrected chi connectivity index (χ0v) is 33.2. The molecule has 0 N–H and O–H groups in total. The van der Waals surface area contributed by atoms with Gasteiger partial charge in [-0.05, 0) is 96.6 Å². The molecule has 0 fully saturated rings. The van der Waals surface area contributed by atoms with E-state index < -0.39 is 0 Å². The summed E-state index contributed by atoms with van der Waals surface area (Å²) in [7, 11) is 0. The predicted molar refractivity (Wildman–Crippen MR) is 254 cm³/mol. The molecule has 5 heteroatoms. The minimum atomic E-state index is 0.885. The minimum absolute atomic E-state index is 0.885. The third-order valence-electron chi connectivity index (χ3n) is 12.0. The van der Waals surface area contributed by atoms with E-state index in [0.29, 0.717) is 0 Å². The van der Waals surface area contributed by atoms with E-state index in [2.05, 4.69) is 204 Å². The van der Waals surface area contributed by atoms with Crippen LogP contribution in [0.2, 0.25) is 0 Å². The van der Waals surface area contributed by atoms with Crippen LogP contribution >= 0.6 is 22.7 Å². The topological polar surface area (TPSA) is 21.3 Å². The number of para-hydroxylation sites is 3. The first-order chi connectivity index (χ1) is 29.2. The van der Waals surface area contributed by atoms with Gasteiger partial charge in [-0.15, -0.1) is 22.7 Å². The molecule has 0 spiro atoms. The molecule has 0 aliphatic heterocycles. The molecule has 4 heterocycles. The Balaban J connectivity index is 1.04. The van der Waals surface area contributed by atoms with Gasteiger partial charge in [-0.3, -0.25) is 0 Å². The maximum absolute atomic E-state index is 6.74. The number of hydrogen-bond acceptors (Lipinski definition) is 4. The summed E-state index contributed by atoms with van der Waals surface area (Å²) < 4.78 is 14.4. The number of aromatic nitrogens is 1. The smallest absolute Gasteiger partial charge is 0.138 e. The maximum atomic E-state index is 6.74. The van der Waals surface area contributed by atoms with Gasteiger partial charge in [0.1, 0.15) is 11.2 Å². The molecular formula is C54H32N2OS2. The van der Waals surface area contributed by atoms with Gasteiger partial charge >= 0.3 is 0 Å². The summed E-state index contributed by atoms with van der Waals surface area (Å²) in [6, 6.07) is 70.6. The molecule has 13 aromatic rings. The van der Waals surface area contributed by atoms with Gasteiger partial charge in [0.25, 0.3) is 0 Å². The van der Waals surface area contributed by atoms with Crippen LogP contribution in [-0.4, -0.2) is 4.57 Å². The van der Waals surface area contributed by atoms with E-state index >= 15 is 0 Å². The molecule has 9 aromatic carbocycles. The zero-order valence-electron chi connectivity index (χ0n) is 31.6. The highest BCUT2D eigenvalue weighted by Crippen LogP contribution is 2.48. The molecule has 0 saturated heterocycles. The van der Waals surface area contributed by atoms with Crippen LogP contribution in [0.5, 0.6) is 0 Å². The van der Waals surface area contributed by atoms with E-state index in [9.17, 15) is 0 Å². The molecule has 59 heavy (non-hydrogen) atoms. The Morgan fingerprint density at radius 2 is 0.949 bits per heavy atom. The lowest BCUT2D eigenvalue weighted by molar-refractivity contribution is 0.669. The van der Waals surface area contributed by atoms with Crippen LogP contribution in [0.4, 0.5) is 17.1 Å². The van der Waals surface area contributed by atoms with Crippen LogP contribution in [0.25, 0.3) is 101 Å². The summed E-state index contributed by atoms with van der Waals surface area (Å²) in [5, 5.41) is 9.89. The quantitative estimate of drug-likeness (QED) is 0.173. The Kier molecular flexibility index (Phi) is 7.05. The first-order valence-electron chi connectivity index (χ1n) is 19.9. The van der Waals surface area contributed by atoms with Gasteiger partial charge in [0.05, 0.1) is 11.0 Å². The molecule has 0 amide bonds. The van der Waals surface area contributed by atoms with Crippen LogP contribution in [0.3, 0.4) is 0 Å². The van der Waals surface area contributed by atoms with Gasteiger partial charge in [0.2, 0.25) is 0 Å². The molecule has 0 aliphatic rings. The number of benzene rings is 9. The number of anilines is 3. The number of furan rings is 1. The summed E-state index contributed by atoms with van der Waals surface area (Å²) in [5.74, 6) is 0. The van der Waals surface area contributed by atoms with Gasteiger partial charge in [-0.25, -0.2) is 0 Å². The molecule has 276 valence electrons. The molecule has 0 saturated carbocycles. The number of hydrogen-bond donors (Lipinski definition) is 0. The Morgan fingerprint density at radius 1 is 0.373 bits per heavy atom. The highest BCUT2D eigenvalue weighted by atomic mass is 32.1. The number of thiophene rings is 2. The van der Waals surface area contributed by atoms with E-state index in [1.54, 1.807) is 0 Å². The van der Waals surface area contributed by atoms with E-state index in [1.807, 2.05) is 22.7 Å². The average Bonchev–Trinajstić information content (AvgIpc) is 4.05. The van der Waals surface area contributed by atoms with Crippen molar-refractivity contribution < 1.29 is 4.42 Å². The molecule has 0 bridgehead atoms. The van der Waals surface area contributed by atoms with Crippen molar-refractivity contribution >= 4 is 124 Å². The van der Waals surface area contributed by atoms with Gasteiger partial charge in [-0.1, -0.05) is 97.1 Å². The molecule has 0 atom stereocenters. The van der Waals surface area contributed by atoms with Crippen LogP contribution in [0, 0.1) is 0 Å². The van der Waals surface area contributed by atoms with Gasteiger partial charge in [0, 0.05) is 96.3 Å². The first-order valence-corrected chi connectivity index (χ1v) is 21.5. The number of fused-ring (bicyclic) bond motifs is 12. The van der Waals surface area contributed by atoms with Crippen LogP contribution in [0.1, 0.15) is 0 Å². The minimum Gasteiger partial charge on any atom is -0.456 e. The van der Waals surface area contributed by atoms with Crippen LogP contribution < -0.4 is 4.90 Å². The van der Waals surface area contributed by atoms with E-state index in [-0.39, 0.29) is 0 Å². The molecule has 4 aromatic heterocycles. The van der Waals surface area contributed by atoms with Crippen LogP contribution in [0.15, 0.2) is 199 Å². The van der Waals surface area contributed by atoms with E-state index in [0.717, 1.165) is 55.7 Å². The van der Waals surface area contributed by atoms with Crippen molar-refractivity contribution in [2.45, 2.75) is 0 Å². The monoisotopic (exact) mass is 788 g/mol. The molecule has 13 rings (SSSR count). The summed E-state index contributed by atoms with van der Waals surface area (Å²) in [5.41, 5.74) is 10.9. The van der Waals surface area contributed by atoms with Crippen molar-refractivity contribution in [3.63, 3.8) is 0 Å². The Hall–Kier alpha value is -7.18.